The lowest BCUT2D eigenvalue weighted by Gasteiger charge is -2.12. The summed E-state index contributed by atoms with van der Waals surface area (Å²) in [6.45, 7) is 1.34. The molecule has 5 nitrogen and oxygen atoms in total. The summed E-state index contributed by atoms with van der Waals surface area (Å²) < 4.78 is 10.7. The number of carbonyl (C=O) groups excluding carboxylic acids is 1. The van der Waals surface area contributed by atoms with Crippen molar-refractivity contribution in [1.29, 1.82) is 0 Å². The van der Waals surface area contributed by atoms with Crippen LogP contribution in [0.2, 0.25) is 5.02 Å². The van der Waals surface area contributed by atoms with Crippen molar-refractivity contribution < 1.29 is 19.4 Å². The monoisotopic (exact) mass is 285 g/mol. The number of aliphatic hydroxyl groups excluding tert-OH is 1. The molecule has 1 aromatic rings. The first kappa shape index (κ1) is 14.0. The summed E-state index contributed by atoms with van der Waals surface area (Å²) in [5.41, 5.74) is 0. The average molecular weight is 286 g/mol. The zero-order valence-corrected chi connectivity index (χ0v) is 11.2. The second kappa shape index (κ2) is 6.63. The molecular weight excluding hydrogens is 270 g/mol. The summed E-state index contributed by atoms with van der Waals surface area (Å²) in [6, 6.07) is 7.07. The Morgan fingerprint density at radius 2 is 2.37 bits per heavy atom. The van der Waals surface area contributed by atoms with Crippen LogP contribution in [0.15, 0.2) is 24.3 Å². The maximum Gasteiger partial charge on any atom is 0.410 e. The van der Waals surface area contributed by atoms with E-state index in [2.05, 4.69) is 0 Å². The van der Waals surface area contributed by atoms with Crippen molar-refractivity contribution in [3.05, 3.63) is 29.3 Å². The number of carbonyl (C=O) groups is 1. The van der Waals surface area contributed by atoms with Crippen LogP contribution in [-0.2, 0) is 4.74 Å². The molecule has 0 radical (unpaired) electrons. The standard InChI is InChI=1S/C13H16ClNO4/c14-10-3-1-4-11(7-10)18-9-12-8-15(5-2-6-16)13(17)19-12/h1,3-4,7,12,16H,2,5-6,8-9H2/t12-/m1/s1. The van der Waals surface area contributed by atoms with Gasteiger partial charge in [0.1, 0.15) is 12.4 Å². The zero-order valence-electron chi connectivity index (χ0n) is 10.4. The maximum absolute atomic E-state index is 11.5. The van der Waals surface area contributed by atoms with E-state index in [1.165, 1.54) is 0 Å². The molecule has 19 heavy (non-hydrogen) atoms. The second-order valence-corrected chi connectivity index (χ2v) is 4.73. The van der Waals surface area contributed by atoms with E-state index in [0.29, 0.717) is 36.9 Å². The highest BCUT2D eigenvalue weighted by molar-refractivity contribution is 6.30. The summed E-state index contributed by atoms with van der Waals surface area (Å²) in [5, 5.41) is 9.34. The van der Waals surface area contributed by atoms with Crippen LogP contribution in [0, 0.1) is 0 Å². The van der Waals surface area contributed by atoms with Gasteiger partial charge >= 0.3 is 6.09 Å². The Bertz CT molecular complexity index is 440. The van der Waals surface area contributed by atoms with Crippen LogP contribution in [0.4, 0.5) is 4.79 Å². The molecule has 1 saturated heterocycles. The molecule has 1 N–H and O–H groups in total. The number of rotatable bonds is 6. The van der Waals surface area contributed by atoms with Crippen LogP contribution in [0.5, 0.6) is 5.75 Å². The van der Waals surface area contributed by atoms with Gasteiger partial charge in [-0.05, 0) is 24.6 Å². The van der Waals surface area contributed by atoms with Crippen molar-refractivity contribution >= 4 is 17.7 Å². The van der Waals surface area contributed by atoms with Gasteiger partial charge in [0.05, 0.1) is 6.54 Å². The number of hydrogen-bond donors (Lipinski definition) is 1. The van der Waals surface area contributed by atoms with Gasteiger partial charge in [-0.15, -0.1) is 0 Å². The lowest BCUT2D eigenvalue weighted by Crippen LogP contribution is -2.28. The molecule has 2 rings (SSSR count). The number of benzene rings is 1. The molecule has 1 amide bonds. The smallest absolute Gasteiger partial charge is 0.410 e. The van der Waals surface area contributed by atoms with Gasteiger partial charge in [0.15, 0.2) is 6.10 Å². The Morgan fingerprint density at radius 3 is 3.11 bits per heavy atom. The molecule has 104 valence electrons. The molecule has 1 fully saturated rings. The van der Waals surface area contributed by atoms with Crippen molar-refractivity contribution in [1.82, 2.24) is 4.90 Å². The Kier molecular flexibility index (Phi) is 4.87. The topological polar surface area (TPSA) is 59.0 Å². The molecule has 0 unspecified atom stereocenters. The van der Waals surface area contributed by atoms with Crippen LogP contribution in [0.1, 0.15) is 6.42 Å². The third-order valence-electron chi connectivity index (χ3n) is 2.77. The Hall–Kier alpha value is -1.46. The van der Waals surface area contributed by atoms with Gasteiger partial charge in [0.25, 0.3) is 0 Å². The molecular formula is C13H16ClNO4. The second-order valence-electron chi connectivity index (χ2n) is 4.30. The fraction of sp³-hybridized carbons (Fsp3) is 0.462. The normalized spacial score (nSPS) is 18.5. The van der Waals surface area contributed by atoms with Gasteiger partial charge in [-0.1, -0.05) is 17.7 Å². The van der Waals surface area contributed by atoms with Gasteiger partial charge in [-0.2, -0.15) is 0 Å². The van der Waals surface area contributed by atoms with Gasteiger partial charge < -0.3 is 19.5 Å². The summed E-state index contributed by atoms with van der Waals surface area (Å²) in [7, 11) is 0. The van der Waals surface area contributed by atoms with Crippen molar-refractivity contribution in [2.75, 3.05) is 26.3 Å². The minimum Gasteiger partial charge on any atom is -0.490 e. The quantitative estimate of drug-likeness (QED) is 0.867. The number of halogens is 1. The van der Waals surface area contributed by atoms with Crippen molar-refractivity contribution in [2.45, 2.75) is 12.5 Å². The molecule has 1 aromatic carbocycles. The molecule has 0 saturated carbocycles. The highest BCUT2D eigenvalue weighted by Gasteiger charge is 2.31. The van der Waals surface area contributed by atoms with E-state index in [9.17, 15) is 4.79 Å². The minimum absolute atomic E-state index is 0.0630. The summed E-state index contributed by atoms with van der Waals surface area (Å²) in [5.74, 6) is 0.650. The molecule has 1 aliphatic rings. The summed E-state index contributed by atoms with van der Waals surface area (Å²) in [6.07, 6.45) is -0.0879. The fourth-order valence-corrected chi connectivity index (χ4v) is 2.03. The lowest BCUT2D eigenvalue weighted by atomic mass is 10.3. The molecule has 0 spiro atoms. The number of aliphatic hydroxyl groups is 1. The Morgan fingerprint density at radius 1 is 1.53 bits per heavy atom. The number of hydrogen-bond acceptors (Lipinski definition) is 4. The molecule has 0 bridgehead atoms. The lowest BCUT2D eigenvalue weighted by molar-refractivity contribution is 0.102. The van der Waals surface area contributed by atoms with E-state index < -0.39 is 0 Å². The predicted molar refractivity (Wildman–Crippen MR) is 70.5 cm³/mol. The van der Waals surface area contributed by atoms with Gasteiger partial charge in [0.2, 0.25) is 0 Å². The fourth-order valence-electron chi connectivity index (χ4n) is 1.85. The van der Waals surface area contributed by atoms with E-state index in [0.717, 1.165) is 0 Å². The molecule has 1 heterocycles. The van der Waals surface area contributed by atoms with Crippen LogP contribution < -0.4 is 4.74 Å². The number of cyclic esters (lactones) is 1. The Labute approximate surface area is 116 Å². The summed E-state index contributed by atoms with van der Waals surface area (Å²) >= 11 is 5.85. The van der Waals surface area contributed by atoms with E-state index >= 15 is 0 Å². The molecule has 1 atom stereocenters. The molecule has 0 aromatic heterocycles. The highest BCUT2D eigenvalue weighted by atomic mass is 35.5. The Balaban J connectivity index is 1.80. The first-order chi connectivity index (χ1) is 9.19. The minimum atomic E-state index is -0.354. The van der Waals surface area contributed by atoms with Gasteiger partial charge in [-0.25, -0.2) is 4.79 Å². The van der Waals surface area contributed by atoms with Gasteiger partial charge in [-0.3, -0.25) is 0 Å². The highest BCUT2D eigenvalue weighted by Crippen LogP contribution is 2.19. The van der Waals surface area contributed by atoms with Crippen LogP contribution in [0.3, 0.4) is 0 Å². The first-order valence-corrected chi connectivity index (χ1v) is 6.51. The zero-order chi connectivity index (χ0) is 13.7. The van der Waals surface area contributed by atoms with Crippen LogP contribution >= 0.6 is 11.6 Å². The number of ether oxygens (including phenoxy) is 2. The first-order valence-electron chi connectivity index (χ1n) is 6.14. The van der Waals surface area contributed by atoms with E-state index in [1.54, 1.807) is 29.2 Å². The largest absolute Gasteiger partial charge is 0.490 e. The van der Waals surface area contributed by atoms with Crippen molar-refractivity contribution in [3.63, 3.8) is 0 Å². The molecule has 6 heteroatoms. The number of nitrogens with zero attached hydrogens (tertiary/aromatic N) is 1. The van der Waals surface area contributed by atoms with Crippen molar-refractivity contribution in [3.8, 4) is 5.75 Å². The predicted octanol–water partition coefficient (Wildman–Crippen LogP) is 1.92. The van der Waals surface area contributed by atoms with Crippen molar-refractivity contribution in [2.24, 2.45) is 0 Å². The van der Waals surface area contributed by atoms with Crippen LogP contribution in [0.25, 0.3) is 0 Å². The summed E-state index contributed by atoms with van der Waals surface area (Å²) in [4.78, 5) is 13.1. The van der Waals surface area contributed by atoms with Crippen LogP contribution in [-0.4, -0.2) is 48.5 Å². The van der Waals surface area contributed by atoms with E-state index in [-0.39, 0.29) is 18.8 Å². The van der Waals surface area contributed by atoms with E-state index in [1.807, 2.05) is 0 Å². The molecule has 0 aliphatic carbocycles. The number of amides is 1. The third-order valence-corrected chi connectivity index (χ3v) is 3.00. The van der Waals surface area contributed by atoms with E-state index in [4.69, 9.17) is 26.2 Å². The maximum atomic E-state index is 11.5. The third kappa shape index (κ3) is 4.01. The SMILES string of the molecule is O=C1O[C@@H](COc2cccc(Cl)c2)CN1CCCO. The van der Waals surface area contributed by atoms with Gasteiger partial charge in [0, 0.05) is 18.2 Å². The average Bonchev–Trinajstić information content (AvgIpc) is 2.75. The molecule has 1 aliphatic heterocycles.